The smallest absolute Gasteiger partial charge is 0.349 e. The first-order chi connectivity index (χ1) is 12.0. The topological polar surface area (TPSA) is 80.6 Å². The van der Waals surface area contributed by atoms with E-state index in [1.807, 2.05) is 31.2 Å². The molecule has 0 fully saturated rings. The van der Waals surface area contributed by atoms with E-state index in [-0.39, 0.29) is 11.3 Å². The SMILES string of the molecule is Cc1ccc(-c2nc3ncccn3c2-c2c(O)cc(C)oc2=O)cc1. The Morgan fingerprint density at radius 1 is 1.16 bits per heavy atom. The molecule has 3 aromatic heterocycles. The number of hydrogen-bond acceptors (Lipinski definition) is 5. The summed E-state index contributed by atoms with van der Waals surface area (Å²) in [6, 6.07) is 10.9. The molecule has 124 valence electrons. The van der Waals surface area contributed by atoms with E-state index in [0.717, 1.165) is 11.1 Å². The molecule has 0 spiro atoms. The fourth-order valence-corrected chi connectivity index (χ4v) is 2.85. The van der Waals surface area contributed by atoms with Crippen LogP contribution in [0.25, 0.3) is 28.3 Å². The molecular weight excluding hydrogens is 318 g/mol. The van der Waals surface area contributed by atoms with Crippen molar-refractivity contribution >= 4 is 5.78 Å². The number of imidazole rings is 1. The maximum Gasteiger partial charge on any atom is 0.349 e. The van der Waals surface area contributed by atoms with Gasteiger partial charge in [-0.25, -0.2) is 14.8 Å². The molecule has 0 saturated carbocycles. The molecule has 0 saturated heterocycles. The van der Waals surface area contributed by atoms with Gasteiger partial charge < -0.3 is 9.52 Å². The third-order valence-corrected chi connectivity index (χ3v) is 4.02. The summed E-state index contributed by atoms with van der Waals surface area (Å²) in [6.45, 7) is 3.61. The summed E-state index contributed by atoms with van der Waals surface area (Å²) >= 11 is 0. The molecule has 1 aromatic carbocycles. The predicted octanol–water partition coefficient (Wildman–Crippen LogP) is 3.34. The van der Waals surface area contributed by atoms with Gasteiger partial charge in [0.05, 0.1) is 11.4 Å². The van der Waals surface area contributed by atoms with Crippen LogP contribution in [-0.2, 0) is 0 Å². The van der Waals surface area contributed by atoms with Crippen molar-refractivity contribution in [3.63, 3.8) is 0 Å². The lowest BCUT2D eigenvalue weighted by atomic mass is 10.0. The van der Waals surface area contributed by atoms with Gasteiger partial charge in [-0.2, -0.15) is 0 Å². The fraction of sp³-hybridized carbons (Fsp3) is 0.105. The number of aromatic hydroxyl groups is 1. The number of fused-ring (bicyclic) bond motifs is 1. The average molecular weight is 333 g/mol. The van der Waals surface area contributed by atoms with E-state index >= 15 is 0 Å². The number of rotatable bonds is 2. The summed E-state index contributed by atoms with van der Waals surface area (Å²) in [4.78, 5) is 21.3. The van der Waals surface area contributed by atoms with Crippen LogP contribution in [-0.4, -0.2) is 19.5 Å². The summed E-state index contributed by atoms with van der Waals surface area (Å²) in [5.74, 6) is 0.635. The standard InChI is InChI=1S/C19H15N3O3/c1-11-4-6-13(7-5-11)16-17(22-9-3-8-20-19(22)21-16)15-14(23)10-12(2)25-18(15)24/h3-10,23H,1-2H3. The second kappa shape index (κ2) is 5.59. The molecule has 1 N–H and O–H groups in total. The van der Waals surface area contributed by atoms with Crippen molar-refractivity contribution in [2.45, 2.75) is 13.8 Å². The van der Waals surface area contributed by atoms with Gasteiger partial charge in [0.1, 0.15) is 17.1 Å². The van der Waals surface area contributed by atoms with Crippen LogP contribution < -0.4 is 5.63 Å². The minimum absolute atomic E-state index is 0.0710. The highest BCUT2D eigenvalue weighted by molar-refractivity contribution is 5.83. The van der Waals surface area contributed by atoms with E-state index in [1.54, 1.807) is 29.8 Å². The summed E-state index contributed by atoms with van der Waals surface area (Å²) in [6.07, 6.45) is 3.38. The predicted molar refractivity (Wildman–Crippen MR) is 93.5 cm³/mol. The molecule has 0 amide bonds. The van der Waals surface area contributed by atoms with Gasteiger partial charge >= 0.3 is 5.63 Å². The largest absolute Gasteiger partial charge is 0.507 e. The molecule has 0 aliphatic carbocycles. The van der Waals surface area contributed by atoms with Crippen molar-refractivity contribution in [1.82, 2.24) is 14.4 Å². The molecule has 4 aromatic rings. The van der Waals surface area contributed by atoms with Gasteiger partial charge in [-0.1, -0.05) is 29.8 Å². The molecule has 6 nitrogen and oxygen atoms in total. The maximum absolute atomic E-state index is 12.5. The Morgan fingerprint density at radius 2 is 1.92 bits per heavy atom. The number of aromatic nitrogens is 3. The highest BCUT2D eigenvalue weighted by atomic mass is 16.4. The molecule has 0 atom stereocenters. The lowest BCUT2D eigenvalue weighted by Gasteiger charge is -2.07. The molecule has 0 bridgehead atoms. The zero-order valence-electron chi connectivity index (χ0n) is 13.7. The zero-order valence-corrected chi connectivity index (χ0v) is 13.7. The minimum atomic E-state index is -0.614. The Kier molecular flexibility index (Phi) is 3.39. The minimum Gasteiger partial charge on any atom is -0.507 e. The molecule has 0 unspecified atom stereocenters. The molecule has 0 aliphatic rings. The van der Waals surface area contributed by atoms with Crippen molar-refractivity contribution in [2.75, 3.05) is 0 Å². The van der Waals surface area contributed by atoms with Crippen LogP contribution in [0.3, 0.4) is 0 Å². The van der Waals surface area contributed by atoms with Crippen molar-refractivity contribution < 1.29 is 9.52 Å². The van der Waals surface area contributed by atoms with Gasteiger partial charge in [0, 0.05) is 24.0 Å². The molecule has 3 heterocycles. The summed E-state index contributed by atoms with van der Waals surface area (Å²) in [7, 11) is 0. The Bertz CT molecular complexity index is 1140. The second-order valence-corrected chi connectivity index (χ2v) is 5.87. The van der Waals surface area contributed by atoms with Gasteiger partial charge in [0.25, 0.3) is 0 Å². The lowest BCUT2D eigenvalue weighted by Crippen LogP contribution is -2.06. The van der Waals surface area contributed by atoms with E-state index < -0.39 is 5.63 Å². The maximum atomic E-state index is 12.5. The van der Waals surface area contributed by atoms with Gasteiger partial charge in [-0.05, 0) is 19.9 Å². The molecule has 25 heavy (non-hydrogen) atoms. The summed E-state index contributed by atoms with van der Waals surface area (Å²) in [5, 5.41) is 10.4. The van der Waals surface area contributed by atoms with Crippen LogP contribution in [0.4, 0.5) is 0 Å². The van der Waals surface area contributed by atoms with Crippen LogP contribution in [0.2, 0.25) is 0 Å². The average Bonchev–Trinajstić information content (AvgIpc) is 2.94. The first-order valence-electron chi connectivity index (χ1n) is 7.79. The van der Waals surface area contributed by atoms with Crippen molar-refractivity contribution in [1.29, 1.82) is 0 Å². The Balaban J connectivity index is 2.11. The van der Waals surface area contributed by atoms with E-state index in [9.17, 15) is 9.90 Å². The number of nitrogens with zero attached hydrogens (tertiary/aromatic N) is 3. The van der Waals surface area contributed by atoms with Gasteiger partial charge in [-0.3, -0.25) is 4.40 Å². The van der Waals surface area contributed by atoms with Crippen LogP contribution in [0.1, 0.15) is 11.3 Å². The van der Waals surface area contributed by atoms with Crippen molar-refractivity contribution in [3.05, 3.63) is 70.5 Å². The van der Waals surface area contributed by atoms with Crippen LogP contribution >= 0.6 is 0 Å². The lowest BCUT2D eigenvalue weighted by molar-refractivity contribution is 0.438. The van der Waals surface area contributed by atoms with E-state index in [1.165, 1.54) is 6.07 Å². The second-order valence-electron chi connectivity index (χ2n) is 5.87. The van der Waals surface area contributed by atoms with Crippen molar-refractivity contribution in [3.8, 4) is 28.3 Å². The monoisotopic (exact) mass is 333 g/mol. The fourth-order valence-electron chi connectivity index (χ4n) is 2.85. The molecule has 0 radical (unpaired) electrons. The highest BCUT2D eigenvalue weighted by Gasteiger charge is 2.23. The van der Waals surface area contributed by atoms with Gasteiger partial charge in [0.15, 0.2) is 0 Å². The molecule has 0 aliphatic heterocycles. The van der Waals surface area contributed by atoms with Crippen LogP contribution in [0, 0.1) is 13.8 Å². The van der Waals surface area contributed by atoms with E-state index in [4.69, 9.17) is 4.42 Å². The van der Waals surface area contributed by atoms with Crippen LogP contribution in [0.5, 0.6) is 5.75 Å². The number of aryl methyl sites for hydroxylation is 2. The molecule has 6 heteroatoms. The van der Waals surface area contributed by atoms with E-state index in [2.05, 4.69) is 9.97 Å². The van der Waals surface area contributed by atoms with E-state index in [0.29, 0.717) is 22.9 Å². The third-order valence-electron chi connectivity index (χ3n) is 4.02. The number of benzene rings is 1. The normalized spacial score (nSPS) is 11.1. The van der Waals surface area contributed by atoms with Crippen LogP contribution in [0.15, 0.2) is 58.0 Å². The van der Waals surface area contributed by atoms with Gasteiger partial charge in [0.2, 0.25) is 5.78 Å². The molecule has 4 rings (SSSR count). The summed E-state index contributed by atoms with van der Waals surface area (Å²) in [5.41, 5.74) is 2.41. The zero-order chi connectivity index (χ0) is 17.6. The Hall–Kier alpha value is -3.41. The molecular formula is C19H15N3O3. The first kappa shape index (κ1) is 15.1. The Morgan fingerprint density at radius 3 is 2.64 bits per heavy atom. The Labute approximate surface area is 143 Å². The highest BCUT2D eigenvalue weighted by Crippen LogP contribution is 2.35. The first-order valence-corrected chi connectivity index (χ1v) is 7.79. The number of hydrogen-bond donors (Lipinski definition) is 1. The third kappa shape index (κ3) is 2.48. The summed E-state index contributed by atoms with van der Waals surface area (Å²) < 4.78 is 6.87. The quantitative estimate of drug-likeness (QED) is 0.608. The van der Waals surface area contributed by atoms with Crippen molar-refractivity contribution in [2.24, 2.45) is 0 Å². The van der Waals surface area contributed by atoms with Gasteiger partial charge in [-0.15, -0.1) is 0 Å².